The first-order chi connectivity index (χ1) is 13.4. The Morgan fingerprint density at radius 1 is 1.18 bits per heavy atom. The van der Waals surface area contributed by atoms with Gasteiger partial charge in [-0.05, 0) is 38.1 Å². The molecule has 0 amide bonds. The maximum Gasteiger partial charge on any atom is 0.240 e. The van der Waals surface area contributed by atoms with Crippen molar-refractivity contribution >= 4 is 33.0 Å². The fraction of sp³-hybridized carbons (Fsp3) is 0.278. The van der Waals surface area contributed by atoms with Crippen LogP contribution in [0.15, 0.2) is 41.4 Å². The third-order valence-electron chi connectivity index (χ3n) is 3.79. The number of aryl methyl sites for hydroxylation is 2. The molecule has 0 saturated carbocycles. The Morgan fingerprint density at radius 2 is 2.00 bits per heavy atom. The molecule has 3 aromatic rings. The molecule has 2 heterocycles. The van der Waals surface area contributed by atoms with E-state index in [0.717, 1.165) is 21.3 Å². The normalized spacial score (nSPS) is 11.5. The SMILES string of the molecule is COCCNS(=O)(=O)c1cccc(Nc2nccc(-c3sc(C)nc3C)n2)c1. The lowest BCUT2D eigenvalue weighted by Gasteiger charge is -2.09. The number of hydrogen-bond acceptors (Lipinski definition) is 8. The molecule has 0 atom stereocenters. The predicted molar refractivity (Wildman–Crippen MR) is 109 cm³/mol. The van der Waals surface area contributed by atoms with E-state index in [0.29, 0.717) is 18.2 Å². The van der Waals surface area contributed by atoms with Crippen molar-refractivity contribution in [1.29, 1.82) is 0 Å². The van der Waals surface area contributed by atoms with Gasteiger partial charge in [-0.2, -0.15) is 0 Å². The molecule has 0 spiro atoms. The van der Waals surface area contributed by atoms with Crippen LogP contribution in [0, 0.1) is 13.8 Å². The average molecular weight is 420 g/mol. The predicted octanol–water partition coefficient (Wildman–Crippen LogP) is 2.89. The number of thiazole rings is 1. The number of benzene rings is 1. The van der Waals surface area contributed by atoms with Crippen LogP contribution >= 0.6 is 11.3 Å². The van der Waals surface area contributed by atoms with Gasteiger partial charge in [-0.25, -0.2) is 28.1 Å². The average Bonchev–Trinajstić information content (AvgIpc) is 3.00. The first kappa shape index (κ1) is 20.3. The zero-order chi connectivity index (χ0) is 20.1. The Balaban J connectivity index is 1.81. The van der Waals surface area contributed by atoms with Crippen LogP contribution in [-0.4, -0.2) is 43.6 Å². The van der Waals surface area contributed by atoms with E-state index in [4.69, 9.17) is 4.74 Å². The van der Waals surface area contributed by atoms with E-state index in [1.807, 2.05) is 19.9 Å². The molecule has 2 N–H and O–H groups in total. The van der Waals surface area contributed by atoms with Crippen LogP contribution < -0.4 is 10.0 Å². The Kier molecular flexibility index (Phi) is 6.35. The van der Waals surface area contributed by atoms with Gasteiger partial charge >= 0.3 is 0 Å². The second-order valence-electron chi connectivity index (χ2n) is 5.96. The van der Waals surface area contributed by atoms with Gasteiger partial charge in [-0.3, -0.25) is 0 Å². The monoisotopic (exact) mass is 419 g/mol. The van der Waals surface area contributed by atoms with Crippen LogP contribution in [0.2, 0.25) is 0 Å². The number of sulfonamides is 1. The maximum absolute atomic E-state index is 12.4. The Morgan fingerprint density at radius 3 is 2.71 bits per heavy atom. The molecule has 1 aromatic carbocycles. The number of aromatic nitrogens is 3. The first-order valence-electron chi connectivity index (χ1n) is 8.52. The highest BCUT2D eigenvalue weighted by molar-refractivity contribution is 7.89. The molecule has 0 aliphatic rings. The summed E-state index contributed by atoms with van der Waals surface area (Å²) in [5, 5.41) is 4.04. The highest BCUT2D eigenvalue weighted by Crippen LogP contribution is 2.29. The van der Waals surface area contributed by atoms with Gasteiger partial charge in [0.1, 0.15) is 0 Å². The summed E-state index contributed by atoms with van der Waals surface area (Å²) < 4.78 is 32.1. The van der Waals surface area contributed by atoms with Crippen molar-refractivity contribution in [3.05, 3.63) is 47.2 Å². The molecule has 0 fully saturated rings. The van der Waals surface area contributed by atoms with Gasteiger partial charge in [0.05, 0.1) is 32.8 Å². The van der Waals surface area contributed by atoms with Gasteiger partial charge in [0, 0.05) is 25.5 Å². The smallest absolute Gasteiger partial charge is 0.240 e. The van der Waals surface area contributed by atoms with Crippen LogP contribution in [-0.2, 0) is 14.8 Å². The van der Waals surface area contributed by atoms with E-state index < -0.39 is 10.0 Å². The van der Waals surface area contributed by atoms with Gasteiger partial charge in [-0.1, -0.05) is 6.07 Å². The molecular formula is C18H21N5O3S2. The zero-order valence-corrected chi connectivity index (χ0v) is 17.4. The molecule has 0 aliphatic carbocycles. The van der Waals surface area contributed by atoms with Crippen LogP contribution in [0.3, 0.4) is 0 Å². The molecule has 2 aromatic heterocycles. The molecule has 0 radical (unpaired) electrons. The number of hydrogen-bond donors (Lipinski definition) is 2. The lowest BCUT2D eigenvalue weighted by atomic mass is 10.3. The number of ether oxygens (including phenoxy) is 1. The topological polar surface area (TPSA) is 106 Å². The summed E-state index contributed by atoms with van der Waals surface area (Å²) in [5.41, 5.74) is 2.26. The van der Waals surface area contributed by atoms with E-state index in [2.05, 4.69) is 25.0 Å². The number of anilines is 2. The van der Waals surface area contributed by atoms with E-state index in [-0.39, 0.29) is 11.4 Å². The lowest BCUT2D eigenvalue weighted by molar-refractivity contribution is 0.204. The van der Waals surface area contributed by atoms with Crippen molar-refractivity contribution in [2.45, 2.75) is 18.7 Å². The molecule has 0 bridgehead atoms. The number of rotatable bonds is 8. The fourth-order valence-corrected chi connectivity index (χ4v) is 4.49. The van der Waals surface area contributed by atoms with Crippen LogP contribution in [0.25, 0.3) is 10.6 Å². The van der Waals surface area contributed by atoms with E-state index in [9.17, 15) is 8.42 Å². The number of nitrogens with zero attached hydrogens (tertiary/aromatic N) is 3. The number of nitrogens with one attached hydrogen (secondary N) is 2. The van der Waals surface area contributed by atoms with Crippen molar-refractivity contribution < 1.29 is 13.2 Å². The summed E-state index contributed by atoms with van der Waals surface area (Å²) in [6.45, 7) is 4.40. The van der Waals surface area contributed by atoms with Crippen LogP contribution in [0.5, 0.6) is 0 Å². The third-order valence-corrected chi connectivity index (χ3v) is 6.34. The molecular weight excluding hydrogens is 398 g/mol. The van der Waals surface area contributed by atoms with Crippen molar-refractivity contribution in [3.63, 3.8) is 0 Å². The minimum Gasteiger partial charge on any atom is -0.383 e. The Labute approximate surface area is 168 Å². The van der Waals surface area contributed by atoms with Gasteiger partial charge in [-0.15, -0.1) is 11.3 Å². The van der Waals surface area contributed by atoms with E-state index in [1.165, 1.54) is 19.2 Å². The molecule has 8 nitrogen and oxygen atoms in total. The van der Waals surface area contributed by atoms with Gasteiger partial charge in [0.2, 0.25) is 16.0 Å². The summed E-state index contributed by atoms with van der Waals surface area (Å²) in [7, 11) is -2.10. The zero-order valence-electron chi connectivity index (χ0n) is 15.8. The highest BCUT2D eigenvalue weighted by Gasteiger charge is 2.14. The van der Waals surface area contributed by atoms with Crippen LogP contribution in [0.4, 0.5) is 11.6 Å². The standard InChI is InChI=1S/C18H21N5O3S2/c1-12-17(27-13(2)21-12)16-7-8-19-18(23-16)22-14-5-4-6-15(11-14)28(24,25)20-9-10-26-3/h4-8,11,20H,9-10H2,1-3H3,(H,19,22,23). The first-order valence-corrected chi connectivity index (χ1v) is 10.8. The van der Waals surface area contributed by atoms with E-state index >= 15 is 0 Å². The summed E-state index contributed by atoms with van der Waals surface area (Å²) in [6.07, 6.45) is 1.66. The molecule has 28 heavy (non-hydrogen) atoms. The second-order valence-corrected chi connectivity index (χ2v) is 8.93. The summed E-state index contributed by atoms with van der Waals surface area (Å²) in [4.78, 5) is 14.3. The van der Waals surface area contributed by atoms with Gasteiger partial charge in [0.25, 0.3) is 0 Å². The second kappa shape index (κ2) is 8.74. The molecule has 148 valence electrons. The van der Waals surface area contributed by atoms with Crippen molar-refractivity contribution in [1.82, 2.24) is 19.7 Å². The van der Waals surface area contributed by atoms with Gasteiger partial charge < -0.3 is 10.1 Å². The van der Waals surface area contributed by atoms with Crippen molar-refractivity contribution in [2.75, 3.05) is 25.6 Å². The quantitative estimate of drug-likeness (QED) is 0.541. The van der Waals surface area contributed by atoms with Crippen molar-refractivity contribution in [2.24, 2.45) is 0 Å². The Bertz CT molecular complexity index is 1070. The summed E-state index contributed by atoms with van der Waals surface area (Å²) in [5.74, 6) is 0.379. The lowest BCUT2D eigenvalue weighted by Crippen LogP contribution is -2.27. The molecule has 0 unspecified atom stereocenters. The van der Waals surface area contributed by atoms with E-state index in [1.54, 1.807) is 29.7 Å². The summed E-state index contributed by atoms with van der Waals surface area (Å²) in [6, 6.07) is 8.31. The number of methoxy groups -OCH3 is 1. The molecule has 10 heteroatoms. The Hall–Kier alpha value is -2.40. The largest absolute Gasteiger partial charge is 0.383 e. The molecule has 0 saturated heterocycles. The minimum absolute atomic E-state index is 0.152. The third kappa shape index (κ3) is 4.90. The van der Waals surface area contributed by atoms with Crippen LogP contribution in [0.1, 0.15) is 10.7 Å². The molecule has 3 rings (SSSR count). The maximum atomic E-state index is 12.4. The van der Waals surface area contributed by atoms with Crippen molar-refractivity contribution in [3.8, 4) is 10.6 Å². The molecule has 0 aliphatic heterocycles. The summed E-state index contributed by atoms with van der Waals surface area (Å²) >= 11 is 1.57. The van der Waals surface area contributed by atoms with Gasteiger partial charge in [0.15, 0.2) is 0 Å². The highest BCUT2D eigenvalue weighted by atomic mass is 32.2. The minimum atomic E-state index is -3.62. The fourth-order valence-electron chi connectivity index (χ4n) is 2.55.